The highest BCUT2D eigenvalue weighted by molar-refractivity contribution is 6.31. The zero-order valence-corrected chi connectivity index (χ0v) is 18.0. The molecule has 1 amide bonds. The number of benzene rings is 2. The van der Waals surface area contributed by atoms with Crippen LogP contribution in [0.5, 0.6) is 11.5 Å². The van der Waals surface area contributed by atoms with Crippen molar-refractivity contribution in [1.29, 1.82) is 0 Å². The van der Waals surface area contributed by atoms with Crippen molar-refractivity contribution in [3.8, 4) is 11.5 Å². The van der Waals surface area contributed by atoms with Crippen LogP contribution in [0.4, 0.5) is 11.4 Å². The van der Waals surface area contributed by atoms with Gasteiger partial charge in [-0.2, -0.15) is 0 Å². The van der Waals surface area contributed by atoms with Crippen LogP contribution in [0.25, 0.3) is 0 Å². The summed E-state index contributed by atoms with van der Waals surface area (Å²) in [5.74, 6) is 1.48. The van der Waals surface area contributed by atoms with Crippen LogP contribution in [0.15, 0.2) is 42.5 Å². The number of anilines is 2. The smallest absolute Gasteiger partial charge is 0.282 e. The Morgan fingerprint density at radius 1 is 1.21 bits per heavy atom. The summed E-state index contributed by atoms with van der Waals surface area (Å²) in [4.78, 5) is 16.4. The molecule has 1 heterocycles. The Morgan fingerprint density at radius 2 is 1.93 bits per heavy atom. The molecule has 156 valence electrons. The van der Waals surface area contributed by atoms with E-state index in [-0.39, 0.29) is 11.9 Å². The summed E-state index contributed by atoms with van der Waals surface area (Å²) in [6.45, 7) is 8.10. The SMILES string of the molecule is CCOc1ccccc1N1CC[NH+]([C@H](C)C(=O)Nc2cc(Cl)ccc2OC)CC1. The fraction of sp³-hybridized carbons (Fsp3) is 0.409. The van der Waals surface area contributed by atoms with Crippen LogP contribution in [0.2, 0.25) is 5.02 Å². The Balaban J connectivity index is 1.61. The van der Waals surface area contributed by atoms with E-state index in [4.69, 9.17) is 21.1 Å². The fourth-order valence-corrected chi connectivity index (χ4v) is 3.84. The van der Waals surface area contributed by atoms with Crippen molar-refractivity contribution >= 4 is 28.9 Å². The molecule has 3 rings (SSSR count). The third kappa shape index (κ3) is 5.14. The largest absolute Gasteiger partial charge is 0.495 e. The number of hydrogen-bond acceptors (Lipinski definition) is 4. The molecule has 1 fully saturated rings. The number of halogens is 1. The van der Waals surface area contributed by atoms with Gasteiger partial charge in [0.2, 0.25) is 0 Å². The van der Waals surface area contributed by atoms with Crippen LogP contribution in [-0.4, -0.2) is 51.8 Å². The average Bonchev–Trinajstić information content (AvgIpc) is 2.74. The zero-order chi connectivity index (χ0) is 20.8. The molecule has 2 aromatic carbocycles. The summed E-state index contributed by atoms with van der Waals surface area (Å²) >= 11 is 6.07. The first-order chi connectivity index (χ1) is 14.0. The first-order valence-corrected chi connectivity index (χ1v) is 10.4. The monoisotopic (exact) mass is 418 g/mol. The van der Waals surface area contributed by atoms with Crippen LogP contribution in [-0.2, 0) is 4.79 Å². The van der Waals surface area contributed by atoms with Gasteiger partial charge >= 0.3 is 0 Å². The van der Waals surface area contributed by atoms with Crippen LogP contribution in [0.3, 0.4) is 0 Å². The second-order valence-electron chi connectivity index (χ2n) is 7.10. The lowest BCUT2D eigenvalue weighted by atomic mass is 10.2. The summed E-state index contributed by atoms with van der Waals surface area (Å²) in [5, 5.41) is 3.52. The molecular formula is C22H29ClN3O3+. The van der Waals surface area contributed by atoms with Crippen LogP contribution in [0.1, 0.15) is 13.8 Å². The normalized spacial score (nSPS) is 15.7. The number of piperazine rings is 1. The van der Waals surface area contributed by atoms with Gasteiger partial charge in [-0.25, -0.2) is 0 Å². The highest BCUT2D eigenvalue weighted by Crippen LogP contribution is 2.28. The van der Waals surface area contributed by atoms with Gasteiger partial charge in [-0.3, -0.25) is 4.79 Å². The van der Waals surface area contributed by atoms with Crippen molar-refractivity contribution in [2.75, 3.05) is 50.1 Å². The number of para-hydroxylation sites is 2. The molecule has 0 aromatic heterocycles. The first-order valence-electron chi connectivity index (χ1n) is 9.99. The molecule has 0 bridgehead atoms. The van der Waals surface area contributed by atoms with Crippen molar-refractivity contribution < 1.29 is 19.2 Å². The molecule has 0 spiro atoms. The molecule has 1 saturated heterocycles. The Bertz CT molecular complexity index is 838. The molecule has 1 aliphatic rings. The van der Waals surface area contributed by atoms with Gasteiger partial charge in [0.1, 0.15) is 11.5 Å². The average molecular weight is 419 g/mol. The quantitative estimate of drug-likeness (QED) is 0.725. The van der Waals surface area contributed by atoms with E-state index in [1.807, 2.05) is 32.0 Å². The third-order valence-electron chi connectivity index (χ3n) is 5.34. The molecule has 2 N–H and O–H groups in total. The van der Waals surface area contributed by atoms with Crippen molar-refractivity contribution in [2.45, 2.75) is 19.9 Å². The Morgan fingerprint density at radius 3 is 2.62 bits per heavy atom. The third-order valence-corrected chi connectivity index (χ3v) is 5.57. The van der Waals surface area contributed by atoms with Crippen LogP contribution >= 0.6 is 11.6 Å². The number of ether oxygens (including phenoxy) is 2. The lowest BCUT2D eigenvalue weighted by molar-refractivity contribution is -0.914. The number of rotatable bonds is 7. The summed E-state index contributed by atoms with van der Waals surface area (Å²) in [6.07, 6.45) is 0. The van der Waals surface area contributed by atoms with Crippen LogP contribution < -0.4 is 24.6 Å². The summed E-state index contributed by atoms with van der Waals surface area (Å²) < 4.78 is 11.1. The first kappa shape index (κ1) is 21.3. The number of amides is 1. The number of nitrogens with one attached hydrogen (secondary N) is 2. The van der Waals surface area contributed by atoms with Gasteiger partial charge < -0.3 is 24.6 Å². The number of carbonyl (C=O) groups excluding carboxylic acids is 1. The van der Waals surface area contributed by atoms with Crippen LogP contribution in [0, 0.1) is 0 Å². The van der Waals surface area contributed by atoms with Gasteiger partial charge in [-0.05, 0) is 44.2 Å². The number of carbonyl (C=O) groups is 1. The molecule has 0 radical (unpaired) electrons. The maximum atomic E-state index is 12.8. The molecule has 1 aliphatic heterocycles. The van der Waals surface area contributed by atoms with Crippen molar-refractivity contribution in [3.63, 3.8) is 0 Å². The van der Waals surface area contributed by atoms with E-state index in [2.05, 4.69) is 16.3 Å². The van der Waals surface area contributed by atoms with Gasteiger partial charge in [0.15, 0.2) is 6.04 Å². The van der Waals surface area contributed by atoms with E-state index in [1.54, 1.807) is 25.3 Å². The van der Waals surface area contributed by atoms with E-state index in [0.29, 0.717) is 23.1 Å². The molecule has 7 heteroatoms. The van der Waals surface area contributed by atoms with Crippen molar-refractivity contribution in [1.82, 2.24) is 0 Å². The molecule has 6 nitrogen and oxygen atoms in total. The predicted molar refractivity (Wildman–Crippen MR) is 117 cm³/mol. The maximum Gasteiger partial charge on any atom is 0.282 e. The lowest BCUT2D eigenvalue weighted by Crippen LogP contribution is -3.19. The standard InChI is InChI=1S/C22H28ClN3O3/c1-4-29-21-8-6-5-7-19(21)26-13-11-25(12-14-26)16(2)22(27)24-18-15-17(23)9-10-20(18)28-3/h5-10,15-16H,4,11-14H2,1-3H3,(H,24,27)/p+1/t16-/m1/s1. The maximum absolute atomic E-state index is 12.8. The summed E-state index contributed by atoms with van der Waals surface area (Å²) in [6, 6.07) is 13.2. The molecule has 29 heavy (non-hydrogen) atoms. The van der Waals surface area contributed by atoms with Gasteiger partial charge in [0, 0.05) is 5.02 Å². The van der Waals surface area contributed by atoms with E-state index in [1.165, 1.54) is 4.90 Å². The Hall–Kier alpha value is -2.44. The summed E-state index contributed by atoms with van der Waals surface area (Å²) in [7, 11) is 1.58. The Labute approximate surface area is 177 Å². The molecular weight excluding hydrogens is 390 g/mol. The second kappa shape index (κ2) is 9.85. The minimum absolute atomic E-state index is 0.0382. The Kier molecular flexibility index (Phi) is 7.23. The zero-order valence-electron chi connectivity index (χ0n) is 17.2. The van der Waals surface area contributed by atoms with Crippen molar-refractivity contribution in [2.24, 2.45) is 0 Å². The topological polar surface area (TPSA) is 55.2 Å². The predicted octanol–water partition coefficient (Wildman–Crippen LogP) is 2.48. The fourth-order valence-electron chi connectivity index (χ4n) is 3.67. The highest BCUT2D eigenvalue weighted by atomic mass is 35.5. The number of quaternary nitrogens is 1. The number of nitrogens with zero attached hydrogens (tertiary/aromatic N) is 1. The lowest BCUT2D eigenvalue weighted by Gasteiger charge is -2.36. The van der Waals surface area contributed by atoms with Gasteiger partial charge in [0.05, 0.1) is 51.3 Å². The molecule has 0 saturated carbocycles. The second-order valence-corrected chi connectivity index (χ2v) is 7.54. The molecule has 2 aromatic rings. The van der Waals surface area contributed by atoms with Crippen molar-refractivity contribution in [3.05, 3.63) is 47.5 Å². The van der Waals surface area contributed by atoms with E-state index in [0.717, 1.165) is 37.6 Å². The molecule has 0 unspecified atom stereocenters. The minimum atomic E-state index is -0.178. The van der Waals surface area contributed by atoms with E-state index >= 15 is 0 Å². The molecule has 0 aliphatic carbocycles. The minimum Gasteiger partial charge on any atom is -0.495 e. The van der Waals surface area contributed by atoms with Gasteiger partial charge in [-0.15, -0.1) is 0 Å². The number of hydrogen-bond donors (Lipinski definition) is 2. The van der Waals surface area contributed by atoms with E-state index < -0.39 is 0 Å². The highest BCUT2D eigenvalue weighted by Gasteiger charge is 2.30. The van der Waals surface area contributed by atoms with E-state index in [9.17, 15) is 4.79 Å². The molecule has 1 atom stereocenters. The number of methoxy groups -OCH3 is 1. The summed E-state index contributed by atoms with van der Waals surface area (Å²) in [5.41, 5.74) is 1.72. The van der Waals surface area contributed by atoms with Gasteiger partial charge in [0.25, 0.3) is 5.91 Å². The van der Waals surface area contributed by atoms with Gasteiger partial charge in [-0.1, -0.05) is 23.7 Å².